The van der Waals surface area contributed by atoms with Crippen molar-refractivity contribution in [1.29, 1.82) is 10.5 Å². The second kappa shape index (κ2) is 12.1. The number of aromatic nitrogens is 1. The van der Waals surface area contributed by atoms with Crippen molar-refractivity contribution in [2.24, 2.45) is 0 Å². The van der Waals surface area contributed by atoms with Crippen LogP contribution >= 0.6 is 0 Å². The van der Waals surface area contributed by atoms with E-state index in [1.54, 1.807) is 6.07 Å². The van der Waals surface area contributed by atoms with Crippen molar-refractivity contribution in [2.75, 3.05) is 4.90 Å². The van der Waals surface area contributed by atoms with Gasteiger partial charge in [-0.15, -0.1) is 0 Å². The Morgan fingerprint density at radius 3 is 1.46 bits per heavy atom. The van der Waals surface area contributed by atoms with E-state index >= 15 is 0 Å². The number of nitrogens with zero attached hydrogens (tertiary/aromatic N) is 4. The number of hydrogen-bond donors (Lipinski definition) is 0. The van der Waals surface area contributed by atoms with Crippen LogP contribution in [0, 0.1) is 22.7 Å². The van der Waals surface area contributed by atoms with Gasteiger partial charge in [-0.05, 0) is 106 Å². The molecule has 0 atom stereocenters. The van der Waals surface area contributed by atoms with E-state index in [-0.39, 0.29) is 11.8 Å². The second-order valence-electron chi connectivity index (χ2n) is 12.7. The van der Waals surface area contributed by atoms with E-state index in [9.17, 15) is 20.1 Å². The van der Waals surface area contributed by atoms with Crippen LogP contribution in [0.3, 0.4) is 0 Å². The maximum absolute atomic E-state index is 14.4. The van der Waals surface area contributed by atoms with Crippen LogP contribution in [-0.2, 0) is 0 Å². The molecule has 0 spiro atoms. The van der Waals surface area contributed by atoms with Crippen LogP contribution in [0.1, 0.15) is 31.8 Å². The Morgan fingerprint density at radius 1 is 0.442 bits per heavy atom. The van der Waals surface area contributed by atoms with Gasteiger partial charge in [-0.2, -0.15) is 10.5 Å². The monoisotopic (exact) mass is 666 g/mol. The highest BCUT2D eigenvalue weighted by molar-refractivity contribution is 6.35. The summed E-state index contributed by atoms with van der Waals surface area (Å²) in [6.07, 6.45) is 0. The number of fused-ring (bicyclic) bond motifs is 4. The quantitative estimate of drug-likeness (QED) is 0.171. The summed E-state index contributed by atoms with van der Waals surface area (Å²) < 4.78 is 2.07. The van der Waals surface area contributed by atoms with Crippen molar-refractivity contribution in [1.82, 2.24) is 4.57 Å². The molecule has 8 aromatic rings. The smallest absolute Gasteiger partial charge is 0.268 e. The normalized spacial score (nSPS) is 12.2. The zero-order valence-electron chi connectivity index (χ0n) is 27.6. The first-order valence-electron chi connectivity index (χ1n) is 16.8. The first-order chi connectivity index (χ1) is 25.5. The number of rotatable bonds is 5. The summed E-state index contributed by atoms with van der Waals surface area (Å²) in [7, 11) is 0. The van der Waals surface area contributed by atoms with Crippen molar-refractivity contribution < 1.29 is 9.59 Å². The molecule has 0 unspecified atom stereocenters. The molecule has 0 aliphatic carbocycles. The van der Waals surface area contributed by atoms with Crippen LogP contribution < -0.4 is 4.90 Å². The molecule has 242 valence electrons. The lowest BCUT2D eigenvalue weighted by atomic mass is 9.99. The average molecular weight is 667 g/mol. The van der Waals surface area contributed by atoms with Crippen LogP contribution in [0.15, 0.2) is 158 Å². The maximum Gasteiger partial charge on any atom is 0.268 e. The Bertz CT molecular complexity index is 2710. The Kier molecular flexibility index (Phi) is 7.10. The third-order valence-electron chi connectivity index (χ3n) is 9.83. The fraction of sp³-hybridized carbons (Fsp3) is 0. The van der Waals surface area contributed by atoms with Gasteiger partial charge in [-0.25, -0.2) is 4.90 Å². The van der Waals surface area contributed by atoms with Gasteiger partial charge in [0.15, 0.2) is 0 Å². The molecule has 0 N–H and O–H groups in total. The minimum Gasteiger partial charge on any atom is -0.308 e. The van der Waals surface area contributed by atoms with Crippen LogP contribution in [0.5, 0.6) is 0 Å². The summed E-state index contributed by atoms with van der Waals surface area (Å²) >= 11 is 0. The Labute approximate surface area is 299 Å². The Balaban J connectivity index is 1.21. The van der Waals surface area contributed by atoms with E-state index in [0.29, 0.717) is 33.6 Å². The van der Waals surface area contributed by atoms with Crippen LogP contribution in [0.2, 0.25) is 0 Å². The Hall–Kier alpha value is -7.54. The van der Waals surface area contributed by atoms with Gasteiger partial charge in [-0.1, -0.05) is 84.9 Å². The van der Waals surface area contributed by atoms with Gasteiger partial charge in [0.05, 0.1) is 56.8 Å². The molecule has 1 aromatic heterocycles. The molecule has 0 saturated carbocycles. The highest BCUT2D eigenvalue weighted by Crippen LogP contribution is 2.40. The summed E-state index contributed by atoms with van der Waals surface area (Å²) in [5.41, 5.74) is 10.7. The summed E-state index contributed by atoms with van der Waals surface area (Å²) in [5.74, 6) is -0.734. The van der Waals surface area contributed by atoms with Crippen LogP contribution in [0.25, 0.3) is 60.9 Å². The number of anilines is 1. The largest absolute Gasteiger partial charge is 0.308 e. The molecule has 2 amide bonds. The summed E-state index contributed by atoms with van der Waals surface area (Å²) in [6.45, 7) is 0. The molecule has 1 aliphatic heterocycles. The molecule has 0 saturated heterocycles. The van der Waals surface area contributed by atoms with E-state index in [4.69, 9.17) is 0 Å². The van der Waals surface area contributed by atoms with Gasteiger partial charge in [-0.3, -0.25) is 9.59 Å². The number of imide groups is 1. The van der Waals surface area contributed by atoms with Gasteiger partial charge in [0.2, 0.25) is 0 Å². The molecule has 9 rings (SSSR count). The standard InChI is InChI=1S/C46H26N4O2/c47-27-29-9-13-33(14-10-29)35-19-23-41-39(25-35)40-26-36(34-15-11-30(28-48)12-16-34)20-24-42(40)50(41)43-8-4-7-38-44(43)46(52)49(45(38)51)37-21-17-32(18-22-37)31-5-2-1-3-6-31/h1-26H. The summed E-state index contributed by atoms with van der Waals surface area (Å²) in [4.78, 5) is 29.6. The first kappa shape index (κ1) is 30.5. The fourth-order valence-corrected chi connectivity index (χ4v) is 7.24. The second-order valence-corrected chi connectivity index (χ2v) is 12.7. The van der Waals surface area contributed by atoms with Crippen molar-refractivity contribution in [3.05, 3.63) is 180 Å². The molecule has 6 heteroatoms. The molecule has 0 bridgehead atoms. The molecule has 0 fully saturated rings. The Morgan fingerprint density at radius 2 is 0.923 bits per heavy atom. The van der Waals surface area contributed by atoms with Gasteiger partial charge in [0.1, 0.15) is 0 Å². The van der Waals surface area contributed by atoms with Gasteiger partial charge < -0.3 is 4.57 Å². The number of nitriles is 2. The molecular weight excluding hydrogens is 641 g/mol. The number of hydrogen-bond acceptors (Lipinski definition) is 4. The lowest BCUT2D eigenvalue weighted by molar-refractivity contribution is 0.0926. The molecule has 7 aromatic carbocycles. The van der Waals surface area contributed by atoms with E-state index in [0.717, 1.165) is 55.2 Å². The van der Waals surface area contributed by atoms with Crippen molar-refractivity contribution in [3.63, 3.8) is 0 Å². The van der Waals surface area contributed by atoms with Crippen LogP contribution in [-0.4, -0.2) is 16.4 Å². The number of benzene rings is 7. The van der Waals surface area contributed by atoms with Gasteiger partial charge in [0, 0.05) is 10.8 Å². The number of carbonyl (C=O) groups is 2. The fourth-order valence-electron chi connectivity index (χ4n) is 7.24. The molecule has 1 aliphatic rings. The third-order valence-corrected chi connectivity index (χ3v) is 9.83. The predicted molar refractivity (Wildman–Crippen MR) is 204 cm³/mol. The predicted octanol–water partition coefficient (Wildman–Crippen LogP) is 10.3. The summed E-state index contributed by atoms with van der Waals surface area (Å²) in [6, 6.07) is 54.7. The SMILES string of the molecule is N#Cc1ccc(-c2ccc3c(c2)c2cc(-c4ccc(C#N)cc4)ccc2n3-c2cccc3c2C(=O)N(c2ccc(-c4ccccc4)cc2)C3=O)cc1. The summed E-state index contributed by atoms with van der Waals surface area (Å²) in [5, 5.41) is 20.6. The topological polar surface area (TPSA) is 89.9 Å². The minimum absolute atomic E-state index is 0.353. The van der Waals surface area contributed by atoms with Crippen molar-refractivity contribution in [3.8, 4) is 51.2 Å². The van der Waals surface area contributed by atoms with E-state index in [1.165, 1.54) is 4.90 Å². The molecule has 6 nitrogen and oxygen atoms in total. The first-order valence-corrected chi connectivity index (χ1v) is 16.8. The highest BCUT2D eigenvalue weighted by atomic mass is 16.2. The third kappa shape index (κ3) is 4.87. The lowest BCUT2D eigenvalue weighted by Crippen LogP contribution is -2.29. The zero-order valence-corrected chi connectivity index (χ0v) is 27.6. The lowest BCUT2D eigenvalue weighted by Gasteiger charge is -2.15. The molecule has 52 heavy (non-hydrogen) atoms. The van der Waals surface area contributed by atoms with Crippen LogP contribution in [0.4, 0.5) is 5.69 Å². The molecule has 2 heterocycles. The molecule has 0 radical (unpaired) electrons. The average Bonchev–Trinajstić information content (AvgIpc) is 3.67. The van der Waals surface area contributed by atoms with Gasteiger partial charge >= 0.3 is 0 Å². The number of carbonyl (C=O) groups excluding carboxylic acids is 2. The molecular formula is C46H26N4O2. The highest BCUT2D eigenvalue weighted by Gasteiger charge is 2.39. The zero-order chi connectivity index (χ0) is 35.3. The van der Waals surface area contributed by atoms with Gasteiger partial charge in [0.25, 0.3) is 11.8 Å². The van der Waals surface area contributed by atoms with Crippen molar-refractivity contribution >= 4 is 39.3 Å². The maximum atomic E-state index is 14.4. The minimum atomic E-state index is -0.374. The van der Waals surface area contributed by atoms with E-state index in [1.807, 2.05) is 140 Å². The van der Waals surface area contributed by atoms with Crippen molar-refractivity contribution in [2.45, 2.75) is 0 Å². The number of amides is 2. The van der Waals surface area contributed by atoms with E-state index < -0.39 is 0 Å². The van der Waals surface area contributed by atoms with E-state index in [2.05, 4.69) is 28.8 Å².